The monoisotopic (exact) mass is 442 g/mol. The number of likely N-dealkylation sites (N-methyl/N-ethyl adjacent to an activating group) is 1. The lowest BCUT2D eigenvalue weighted by atomic mass is 9.95. The molecule has 0 radical (unpaired) electrons. The van der Waals surface area contributed by atoms with Crippen LogP contribution in [-0.4, -0.2) is 37.2 Å². The molecule has 2 aromatic rings. The molecule has 0 spiro atoms. The largest absolute Gasteiger partial charge is 0.487 e. The molecule has 31 heavy (non-hydrogen) atoms. The highest BCUT2D eigenvalue weighted by molar-refractivity contribution is 6.30. The van der Waals surface area contributed by atoms with E-state index in [0.717, 1.165) is 5.56 Å². The standard InChI is InChI=1S/C24H27ClN2O4/c1-5-30-23(28)21-20(14-31-19-12-8-16(9-13-19)15(2)3)27(4)24(29)26-22(21)17-6-10-18(25)11-7-17/h6-13,15,22H,5,14H2,1-4H3,(H,26,29). The van der Waals surface area contributed by atoms with Gasteiger partial charge >= 0.3 is 12.0 Å². The van der Waals surface area contributed by atoms with Gasteiger partial charge in [0.25, 0.3) is 0 Å². The molecule has 0 saturated heterocycles. The molecule has 6 nitrogen and oxygen atoms in total. The Morgan fingerprint density at radius 2 is 1.77 bits per heavy atom. The number of benzene rings is 2. The molecule has 0 saturated carbocycles. The van der Waals surface area contributed by atoms with E-state index in [1.54, 1.807) is 38.2 Å². The molecular weight excluding hydrogens is 416 g/mol. The number of halogens is 1. The summed E-state index contributed by atoms with van der Waals surface area (Å²) in [6.45, 7) is 6.26. The van der Waals surface area contributed by atoms with Gasteiger partial charge in [-0.15, -0.1) is 0 Å². The smallest absolute Gasteiger partial charge is 0.338 e. The highest BCUT2D eigenvalue weighted by Gasteiger charge is 2.37. The van der Waals surface area contributed by atoms with Crippen molar-refractivity contribution in [2.75, 3.05) is 20.3 Å². The number of carbonyl (C=O) groups excluding carboxylic acids is 2. The predicted octanol–water partition coefficient (Wildman–Crippen LogP) is 5.06. The van der Waals surface area contributed by atoms with E-state index in [4.69, 9.17) is 21.1 Å². The van der Waals surface area contributed by atoms with Crippen molar-refractivity contribution in [1.29, 1.82) is 0 Å². The zero-order valence-electron chi connectivity index (χ0n) is 18.1. The normalized spacial score (nSPS) is 16.4. The van der Waals surface area contributed by atoms with Gasteiger partial charge in [0, 0.05) is 12.1 Å². The first-order chi connectivity index (χ1) is 14.8. The summed E-state index contributed by atoms with van der Waals surface area (Å²) in [6.07, 6.45) is 0. The van der Waals surface area contributed by atoms with Crippen LogP contribution < -0.4 is 10.1 Å². The van der Waals surface area contributed by atoms with Gasteiger partial charge in [-0.05, 0) is 48.2 Å². The average Bonchev–Trinajstić information content (AvgIpc) is 2.75. The van der Waals surface area contributed by atoms with Crippen molar-refractivity contribution in [1.82, 2.24) is 10.2 Å². The Morgan fingerprint density at radius 3 is 2.35 bits per heavy atom. The lowest BCUT2D eigenvalue weighted by Gasteiger charge is -2.34. The van der Waals surface area contributed by atoms with Crippen molar-refractivity contribution >= 4 is 23.6 Å². The number of nitrogens with one attached hydrogen (secondary N) is 1. The van der Waals surface area contributed by atoms with Gasteiger partial charge in [-0.3, -0.25) is 4.90 Å². The summed E-state index contributed by atoms with van der Waals surface area (Å²) >= 11 is 6.01. The predicted molar refractivity (Wildman–Crippen MR) is 120 cm³/mol. The number of urea groups is 1. The third-order valence-corrected chi connectivity index (χ3v) is 5.45. The minimum absolute atomic E-state index is 0.0448. The van der Waals surface area contributed by atoms with E-state index in [9.17, 15) is 9.59 Å². The van der Waals surface area contributed by atoms with Gasteiger partial charge in [-0.1, -0.05) is 49.7 Å². The van der Waals surface area contributed by atoms with E-state index in [2.05, 4.69) is 19.2 Å². The Balaban J connectivity index is 1.97. The van der Waals surface area contributed by atoms with Gasteiger partial charge in [0.2, 0.25) is 0 Å². The van der Waals surface area contributed by atoms with Crippen LogP contribution in [0.4, 0.5) is 4.79 Å². The Bertz CT molecular complexity index is 968. The van der Waals surface area contributed by atoms with Gasteiger partial charge < -0.3 is 14.8 Å². The van der Waals surface area contributed by atoms with Crippen molar-refractivity contribution in [2.24, 2.45) is 0 Å². The molecule has 2 amide bonds. The quantitative estimate of drug-likeness (QED) is 0.609. The second-order valence-electron chi connectivity index (χ2n) is 7.59. The number of amides is 2. The van der Waals surface area contributed by atoms with Crippen LogP contribution in [0.25, 0.3) is 0 Å². The minimum Gasteiger partial charge on any atom is -0.487 e. The second kappa shape index (κ2) is 9.88. The van der Waals surface area contributed by atoms with E-state index >= 15 is 0 Å². The van der Waals surface area contributed by atoms with E-state index < -0.39 is 12.0 Å². The van der Waals surface area contributed by atoms with Gasteiger partial charge in [0.1, 0.15) is 12.4 Å². The molecule has 1 unspecified atom stereocenters. The Morgan fingerprint density at radius 1 is 1.13 bits per heavy atom. The highest BCUT2D eigenvalue weighted by atomic mass is 35.5. The summed E-state index contributed by atoms with van der Waals surface area (Å²) in [7, 11) is 1.60. The summed E-state index contributed by atoms with van der Waals surface area (Å²) < 4.78 is 11.3. The fraction of sp³-hybridized carbons (Fsp3) is 0.333. The van der Waals surface area contributed by atoms with E-state index in [0.29, 0.717) is 28.0 Å². The third kappa shape index (κ3) is 5.20. The average molecular weight is 443 g/mol. The summed E-state index contributed by atoms with van der Waals surface area (Å²) in [4.78, 5) is 27.0. The highest BCUT2D eigenvalue weighted by Crippen LogP contribution is 2.32. The van der Waals surface area contributed by atoms with E-state index in [1.807, 2.05) is 24.3 Å². The summed E-state index contributed by atoms with van der Waals surface area (Å²) in [5.74, 6) is 0.575. The van der Waals surface area contributed by atoms with Crippen LogP contribution >= 0.6 is 11.6 Å². The first-order valence-corrected chi connectivity index (χ1v) is 10.6. The van der Waals surface area contributed by atoms with Gasteiger partial charge in [0.15, 0.2) is 0 Å². The molecule has 7 heteroatoms. The van der Waals surface area contributed by atoms with Gasteiger partial charge in [-0.2, -0.15) is 0 Å². The fourth-order valence-electron chi connectivity index (χ4n) is 3.39. The maximum atomic E-state index is 12.9. The summed E-state index contributed by atoms with van der Waals surface area (Å²) in [5, 5.41) is 3.44. The molecule has 1 aliphatic heterocycles. The van der Waals surface area contributed by atoms with Crippen LogP contribution in [0.5, 0.6) is 5.75 Å². The van der Waals surface area contributed by atoms with Crippen molar-refractivity contribution in [2.45, 2.75) is 32.7 Å². The molecule has 2 aromatic carbocycles. The zero-order valence-corrected chi connectivity index (χ0v) is 18.9. The molecule has 1 aliphatic rings. The molecule has 0 aromatic heterocycles. The Kier molecular flexibility index (Phi) is 7.23. The molecular formula is C24H27ClN2O4. The molecule has 1 atom stereocenters. The summed E-state index contributed by atoms with van der Waals surface area (Å²) in [6, 6.07) is 13.8. The van der Waals surface area contributed by atoms with Crippen molar-refractivity contribution < 1.29 is 19.1 Å². The van der Waals surface area contributed by atoms with Crippen molar-refractivity contribution in [3.05, 3.63) is 76.0 Å². The molecule has 164 valence electrons. The van der Waals surface area contributed by atoms with Crippen LogP contribution in [0, 0.1) is 0 Å². The number of rotatable bonds is 7. The minimum atomic E-state index is -0.665. The Hall–Kier alpha value is -2.99. The summed E-state index contributed by atoms with van der Waals surface area (Å²) in [5.41, 5.74) is 2.73. The zero-order chi connectivity index (χ0) is 22.5. The maximum Gasteiger partial charge on any atom is 0.338 e. The molecule has 0 bridgehead atoms. The van der Waals surface area contributed by atoms with Crippen LogP contribution in [-0.2, 0) is 9.53 Å². The topological polar surface area (TPSA) is 67.9 Å². The Labute approximate surface area is 187 Å². The van der Waals surface area contributed by atoms with Crippen LogP contribution in [0.2, 0.25) is 5.02 Å². The maximum absolute atomic E-state index is 12.9. The van der Waals surface area contributed by atoms with Gasteiger partial charge in [0.05, 0.1) is 23.9 Å². The lowest BCUT2D eigenvalue weighted by Crippen LogP contribution is -2.48. The van der Waals surface area contributed by atoms with Crippen LogP contribution in [0.1, 0.15) is 43.9 Å². The van der Waals surface area contributed by atoms with Crippen LogP contribution in [0.3, 0.4) is 0 Å². The number of esters is 1. The number of carbonyl (C=O) groups is 2. The first kappa shape index (κ1) is 22.7. The lowest BCUT2D eigenvalue weighted by molar-refractivity contribution is -0.139. The van der Waals surface area contributed by atoms with Gasteiger partial charge in [-0.25, -0.2) is 9.59 Å². The SMILES string of the molecule is CCOC(=O)C1=C(COc2ccc(C(C)C)cc2)N(C)C(=O)NC1c1ccc(Cl)cc1. The molecule has 1 N–H and O–H groups in total. The van der Waals surface area contributed by atoms with Crippen molar-refractivity contribution in [3.8, 4) is 5.75 Å². The fourth-order valence-corrected chi connectivity index (χ4v) is 3.51. The third-order valence-electron chi connectivity index (χ3n) is 5.20. The van der Waals surface area contributed by atoms with E-state index in [-0.39, 0.29) is 19.2 Å². The number of hydrogen-bond donors (Lipinski definition) is 1. The molecule has 0 aliphatic carbocycles. The van der Waals surface area contributed by atoms with Crippen LogP contribution in [0.15, 0.2) is 59.8 Å². The first-order valence-electron chi connectivity index (χ1n) is 10.2. The van der Waals surface area contributed by atoms with E-state index in [1.165, 1.54) is 10.5 Å². The second-order valence-corrected chi connectivity index (χ2v) is 8.02. The number of ether oxygens (including phenoxy) is 2. The molecule has 3 rings (SSSR count). The van der Waals surface area contributed by atoms with Crippen molar-refractivity contribution in [3.63, 3.8) is 0 Å². The number of nitrogens with zero attached hydrogens (tertiary/aromatic N) is 1. The molecule has 1 heterocycles. The molecule has 0 fully saturated rings. The number of hydrogen-bond acceptors (Lipinski definition) is 4.